The van der Waals surface area contributed by atoms with Crippen molar-refractivity contribution in [2.45, 2.75) is 37.2 Å². The predicted molar refractivity (Wildman–Crippen MR) is 95.2 cm³/mol. The van der Waals surface area contributed by atoms with Gasteiger partial charge in [0.2, 0.25) is 10.0 Å². The first-order valence-corrected chi connectivity index (χ1v) is 11.0. The minimum atomic E-state index is -3.44. The molecule has 7 heteroatoms. The van der Waals surface area contributed by atoms with E-state index in [9.17, 15) is 8.42 Å². The van der Waals surface area contributed by atoms with Crippen LogP contribution < -0.4 is 0 Å². The van der Waals surface area contributed by atoms with Crippen molar-refractivity contribution < 1.29 is 13.2 Å². The first kappa shape index (κ1) is 17.7. The Hall–Kier alpha value is -1.07. The fourth-order valence-corrected chi connectivity index (χ4v) is 6.36. The molecule has 0 aromatic heterocycles. The number of nitrogens with zero attached hydrogens (tertiary/aromatic N) is 2. The van der Waals surface area contributed by atoms with Gasteiger partial charge in [-0.1, -0.05) is 12.1 Å². The molecule has 0 N–H and O–H groups in total. The molecular weight excluding hydrogens is 344 g/mol. The van der Waals surface area contributed by atoms with E-state index in [1.807, 2.05) is 0 Å². The van der Waals surface area contributed by atoms with E-state index in [0.29, 0.717) is 17.7 Å². The van der Waals surface area contributed by atoms with Gasteiger partial charge in [0.05, 0.1) is 23.5 Å². The molecule has 2 saturated heterocycles. The first-order chi connectivity index (χ1) is 11.6. The summed E-state index contributed by atoms with van der Waals surface area (Å²) in [6, 6.07) is 8.97. The molecule has 130 valence electrons. The summed E-state index contributed by atoms with van der Waals surface area (Å²) in [5.74, 6) is 1.80. The molecule has 2 aliphatic heterocycles. The van der Waals surface area contributed by atoms with Crippen molar-refractivity contribution in [3.63, 3.8) is 0 Å². The van der Waals surface area contributed by atoms with Crippen molar-refractivity contribution in [1.82, 2.24) is 4.31 Å². The third-order valence-corrected chi connectivity index (χ3v) is 7.49. The van der Waals surface area contributed by atoms with Crippen molar-refractivity contribution in [3.05, 3.63) is 35.4 Å². The molecule has 1 aromatic rings. The van der Waals surface area contributed by atoms with E-state index < -0.39 is 10.0 Å². The number of hydrogen-bond donors (Lipinski definition) is 0. The maximum absolute atomic E-state index is 13.1. The van der Waals surface area contributed by atoms with Crippen LogP contribution in [0, 0.1) is 11.3 Å². The standard InChI is InChI=1S/C17H22N2O3S2/c18-10-14-3-1-4-15(9-14)13-24(20,21)19(16-6-8-23-12-16)11-17-5-2-7-22-17/h1,3-4,9,16-17H,2,5-8,11-13H2. The van der Waals surface area contributed by atoms with Crippen LogP contribution in [0.2, 0.25) is 0 Å². The summed E-state index contributed by atoms with van der Waals surface area (Å²) in [4.78, 5) is 0. The molecule has 0 bridgehead atoms. The van der Waals surface area contributed by atoms with E-state index in [-0.39, 0.29) is 17.9 Å². The fourth-order valence-electron chi connectivity index (χ4n) is 3.25. The maximum Gasteiger partial charge on any atom is 0.218 e. The van der Waals surface area contributed by atoms with Crippen molar-refractivity contribution in [2.75, 3.05) is 24.7 Å². The highest BCUT2D eigenvalue weighted by atomic mass is 32.2. The molecule has 3 rings (SSSR count). The van der Waals surface area contributed by atoms with Crippen molar-refractivity contribution in [2.24, 2.45) is 0 Å². The number of hydrogen-bond acceptors (Lipinski definition) is 5. The van der Waals surface area contributed by atoms with Gasteiger partial charge < -0.3 is 4.74 Å². The summed E-state index contributed by atoms with van der Waals surface area (Å²) in [6.45, 7) is 1.17. The Balaban J connectivity index is 1.79. The van der Waals surface area contributed by atoms with Gasteiger partial charge in [-0.15, -0.1) is 0 Å². The second-order valence-electron chi connectivity index (χ2n) is 6.29. The lowest BCUT2D eigenvalue weighted by atomic mass is 10.2. The van der Waals surface area contributed by atoms with Gasteiger partial charge in [0.1, 0.15) is 0 Å². The molecule has 2 heterocycles. The number of benzene rings is 1. The van der Waals surface area contributed by atoms with Crippen LogP contribution in [0.3, 0.4) is 0 Å². The summed E-state index contributed by atoms with van der Waals surface area (Å²) in [5, 5.41) is 9.00. The number of sulfonamides is 1. The average molecular weight is 367 g/mol. The maximum atomic E-state index is 13.1. The van der Waals surface area contributed by atoms with E-state index in [1.54, 1.807) is 40.3 Å². The molecule has 2 fully saturated rings. The van der Waals surface area contributed by atoms with Crippen LogP contribution in [0.25, 0.3) is 0 Å². The monoisotopic (exact) mass is 366 g/mol. The van der Waals surface area contributed by atoms with Gasteiger partial charge in [-0.25, -0.2) is 8.42 Å². The van der Waals surface area contributed by atoms with Crippen molar-refractivity contribution in [3.8, 4) is 6.07 Å². The highest BCUT2D eigenvalue weighted by Crippen LogP contribution is 2.28. The van der Waals surface area contributed by atoms with E-state index >= 15 is 0 Å². The summed E-state index contributed by atoms with van der Waals surface area (Å²) >= 11 is 1.81. The van der Waals surface area contributed by atoms with Gasteiger partial charge in [0, 0.05) is 24.9 Å². The molecule has 2 aliphatic rings. The van der Waals surface area contributed by atoms with Gasteiger partial charge in [-0.05, 0) is 42.7 Å². The minimum absolute atomic E-state index is 0.0100. The Morgan fingerprint density at radius 2 is 2.25 bits per heavy atom. The summed E-state index contributed by atoms with van der Waals surface area (Å²) < 4.78 is 33.4. The molecule has 2 atom stereocenters. The summed E-state index contributed by atoms with van der Waals surface area (Å²) in [5.41, 5.74) is 1.15. The molecule has 0 radical (unpaired) electrons. The smallest absolute Gasteiger partial charge is 0.218 e. The normalized spacial score (nSPS) is 24.3. The van der Waals surface area contributed by atoms with Gasteiger partial charge in [-0.3, -0.25) is 0 Å². The lowest BCUT2D eigenvalue weighted by molar-refractivity contribution is 0.0877. The summed E-state index contributed by atoms with van der Waals surface area (Å²) in [7, 11) is -3.44. The number of ether oxygens (including phenoxy) is 1. The second-order valence-corrected chi connectivity index (χ2v) is 9.36. The van der Waals surface area contributed by atoms with Gasteiger partial charge in [0.15, 0.2) is 0 Å². The van der Waals surface area contributed by atoms with E-state index in [0.717, 1.165) is 37.4 Å². The van der Waals surface area contributed by atoms with E-state index in [4.69, 9.17) is 10.00 Å². The van der Waals surface area contributed by atoms with Crippen LogP contribution in [0.1, 0.15) is 30.4 Å². The molecule has 0 amide bonds. The number of nitriles is 1. The van der Waals surface area contributed by atoms with E-state index in [2.05, 4.69) is 6.07 Å². The lowest BCUT2D eigenvalue weighted by Crippen LogP contribution is -2.45. The van der Waals surface area contributed by atoms with Crippen molar-refractivity contribution in [1.29, 1.82) is 5.26 Å². The Bertz CT molecular complexity index is 703. The third-order valence-electron chi connectivity index (χ3n) is 4.48. The van der Waals surface area contributed by atoms with Crippen LogP contribution in [-0.4, -0.2) is 49.5 Å². The Morgan fingerprint density at radius 3 is 2.92 bits per heavy atom. The predicted octanol–water partition coefficient (Wildman–Crippen LogP) is 2.37. The van der Waals surface area contributed by atoms with Gasteiger partial charge in [-0.2, -0.15) is 21.3 Å². The Kier molecular flexibility index (Phi) is 5.82. The van der Waals surface area contributed by atoms with Crippen LogP contribution >= 0.6 is 11.8 Å². The zero-order chi connectivity index (χ0) is 17.0. The zero-order valence-electron chi connectivity index (χ0n) is 13.6. The van der Waals surface area contributed by atoms with Crippen molar-refractivity contribution >= 4 is 21.8 Å². The summed E-state index contributed by atoms with van der Waals surface area (Å²) in [6.07, 6.45) is 2.84. The number of thioether (sulfide) groups is 1. The molecular formula is C17H22N2O3S2. The average Bonchev–Trinajstić information content (AvgIpc) is 3.25. The third kappa shape index (κ3) is 4.31. The zero-order valence-corrected chi connectivity index (χ0v) is 15.2. The second kappa shape index (κ2) is 7.87. The highest BCUT2D eigenvalue weighted by Gasteiger charge is 2.35. The Labute approximate surface area is 148 Å². The molecule has 24 heavy (non-hydrogen) atoms. The molecule has 0 spiro atoms. The highest BCUT2D eigenvalue weighted by molar-refractivity contribution is 7.99. The molecule has 2 unspecified atom stereocenters. The van der Waals surface area contributed by atoms with Gasteiger partial charge in [0.25, 0.3) is 0 Å². The first-order valence-electron chi connectivity index (χ1n) is 8.26. The largest absolute Gasteiger partial charge is 0.377 e. The Morgan fingerprint density at radius 1 is 1.38 bits per heavy atom. The molecule has 0 aliphatic carbocycles. The fraction of sp³-hybridized carbons (Fsp3) is 0.588. The molecule has 0 saturated carbocycles. The quantitative estimate of drug-likeness (QED) is 0.773. The van der Waals surface area contributed by atoms with Gasteiger partial charge >= 0.3 is 0 Å². The van der Waals surface area contributed by atoms with E-state index in [1.165, 1.54) is 0 Å². The van der Waals surface area contributed by atoms with Crippen LogP contribution in [0.15, 0.2) is 24.3 Å². The number of rotatable bonds is 6. The topological polar surface area (TPSA) is 70.4 Å². The molecule has 5 nitrogen and oxygen atoms in total. The van der Waals surface area contributed by atoms with Crippen LogP contribution in [0.5, 0.6) is 0 Å². The SMILES string of the molecule is N#Cc1cccc(CS(=O)(=O)N(CC2CCCO2)C2CCSC2)c1. The minimum Gasteiger partial charge on any atom is -0.377 e. The molecule has 1 aromatic carbocycles. The lowest BCUT2D eigenvalue weighted by Gasteiger charge is -2.29. The van der Waals surface area contributed by atoms with Crippen LogP contribution in [0.4, 0.5) is 0 Å². The van der Waals surface area contributed by atoms with Crippen LogP contribution in [-0.2, 0) is 20.5 Å².